The quantitative estimate of drug-likeness (QED) is 0.803. The molecule has 0 bridgehead atoms. The second-order valence-corrected chi connectivity index (χ2v) is 5.55. The van der Waals surface area contributed by atoms with Crippen LogP contribution in [-0.2, 0) is 0 Å². The molecular weight excluding hydrogens is 288 g/mol. The highest BCUT2D eigenvalue weighted by Gasteiger charge is 2.16. The minimum Gasteiger partial charge on any atom is -0.496 e. The Balaban J connectivity index is 2.42. The molecule has 1 heterocycles. The van der Waals surface area contributed by atoms with E-state index in [1.54, 1.807) is 19.4 Å². The van der Waals surface area contributed by atoms with Gasteiger partial charge in [-0.15, -0.1) is 0 Å². The number of amides is 1. The lowest BCUT2D eigenvalue weighted by Crippen LogP contribution is -2.11. The zero-order valence-electron chi connectivity index (χ0n) is 13.4. The molecule has 1 amide bonds. The van der Waals surface area contributed by atoms with E-state index in [1.807, 2.05) is 44.2 Å². The summed E-state index contributed by atoms with van der Waals surface area (Å²) >= 11 is 0. The second-order valence-electron chi connectivity index (χ2n) is 5.55. The van der Waals surface area contributed by atoms with Crippen molar-refractivity contribution < 1.29 is 9.53 Å². The molecule has 4 heteroatoms. The molecule has 0 radical (unpaired) electrons. The number of fused-ring (bicyclic) bond motifs is 1. The van der Waals surface area contributed by atoms with E-state index >= 15 is 0 Å². The molecule has 0 saturated heterocycles. The maximum absolute atomic E-state index is 11.7. The van der Waals surface area contributed by atoms with Crippen LogP contribution < -0.4 is 10.5 Å². The molecule has 2 aromatic carbocycles. The van der Waals surface area contributed by atoms with Crippen LogP contribution in [0.3, 0.4) is 0 Å². The molecule has 23 heavy (non-hydrogen) atoms. The Bertz CT molecular complexity index is 917. The summed E-state index contributed by atoms with van der Waals surface area (Å²) in [6.07, 6.45) is 1.75. The highest BCUT2D eigenvalue weighted by Crippen LogP contribution is 2.37. The van der Waals surface area contributed by atoms with E-state index < -0.39 is 5.91 Å². The molecule has 4 nitrogen and oxygen atoms in total. The number of ether oxygens (including phenoxy) is 1. The smallest absolute Gasteiger partial charge is 0.248 e. The Morgan fingerprint density at radius 2 is 1.96 bits per heavy atom. The Morgan fingerprint density at radius 1 is 1.17 bits per heavy atom. The molecule has 0 aliphatic heterocycles. The van der Waals surface area contributed by atoms with Gasteiger partial charge < -0.3 is 10.5 Å². The van der Waals surface area contributed by atoms with Crippen molar-refractivity contribution in [1.29, 1.82) is 0 Å². The highest BCUT2D eigenvalue weighted by atomic mass is 16.5. The van der Waals surface area contributed by atoms with E-state index in [-0.39, 0.29) is 0 Å². The molecule has 3 aromatic rings. The first-order valence-electron chi connectivity index (χ1n) is 7.36. The van der Waals surface area contributed by atoms with Gasteiger partial charge in [-0.25, -0.2) is 0 Å². The fourth-order valence-corrected chi connectivity index (χ4v) is 2.99. The van der Waals surface area contributed by atoms with Crippen molar-refractivity contribution in [2.24, 2.45) is 5.73 Å². The van der Waals surface area contributed by atoms with Gasteiger partial charge in [0.15, 0.2) is 0 Å². The van der Waals surface area contributed by atoms with E-state index in [1.165, 1.54) is 0 Å². The lowest BCUT2D eigenvalue weighted by atomic mass is 9.91. The van der Waals surface area contributed by atoms with Crippen molar-refractivity contribution in [3.8, 4) is 16.9 Å². The Morgan fingerprint density at radius 3 is 2.65 bits per heavy atom. The van der Waals surface area contributed by atoms with E-state index in [4.69, 9.17) is 10.5 Å². The predicted molar refractivity (Wildman–Crippen MR) is 91.7 cm³/mol. The molecule has 0 aliphatic rings. The average Bonchev–Trinajstić information content (AvgIpc) is 2.54. The normalized spacial score (nSPS) is 10.7. The number of pyridine rings is 1. The van der Waals surface area contributed by atoms with Crippen molar-refractivity contribution in [3.05, 3.63) is 59.3 Å². The molecule has 0 aliphatic carbocycles. The summed E-state index contributed by atoms with van der Waals surface area (Å²) in [6, 6.07) is 11.3. The zero-order chi connectivity index (χ0) is 16.6. The van der Waals surface area contributed by atoms with Gasteiger partial charge in [-0.2, -0.15) is 0 Å². The number of methoxy groups -OCH3 is 1. The van der Waals surface area contributed by atoms with Crippen LogP contribution in [-0.4, -0.2) is 18.0 Å². The number of carbonyl (C=O) groups excluding carboxylic acids is 1. The van der Waals surface area contributed by atoms with Crippen LogP contribution in [0.2, 0.25) is 0 Å². The fraction of sp³-hybridized carbons (Fsp3) is 0.158. The van der Waals surface area contributed by atoms with Crippen molar-refractivity contribution in [2.45, 2.75) is 13.8 Å². The van der Waals surface area contributed by atoms with E-state index in [2.05, 4.69) is 4.98 Å². The molecule has 0 fully saturated rings. The van der Waals surface area contributed by atoms with Crippen molar-refractivity contribution in [3.63, 3.8) is 0 Å². The number of aromatic nitrogens is 1. The van der Waals surface area contributed by atoms with Crippen molar-refractivity contribution in [2.75, 3.05) is 7.11 Å². The van der Waals surface area contributed by atoms with Gasteiger partial charge in [-0.3, -0.25) is 9.78 Å². The van der Waals surface area contributed by atoms with Crippen molar-refractivity contribution >= 4 is 16.8 Å². The van der Waals surface area contributed by atoms with Gasteiger partial charge in [-0.1, -0.05) is 12.1 Å². The van der Waals surface area contributed by atoms with E-state index in [9.17, 15) is 4.79 Å². The maximum Gasteiger partial charge on any atom is 0.248 e. The van der Waals surface area contributed by atoms with E-state index in [0.717, 1.165) is 38.9 Å². The lowest BCUT2D eigenvalue weighted by Gasteiger charge is -2.16. The highest BCUT2D eigenvalue weighted by molar-refractivity contribution is 6.03. The number of carbonyl (C=O) groups is 1. The summed E-state index contributed by atoms with van der Waals surface area (Å²) in [4.78, 5) is 16.2. The molecule has 0 spiro atoms. The number of benzene rings is 2. The molecule has 0 unspecified atom stereocenters. The van der Waals surface area contributed by atoms with Gasteiger partial charge in [0.25, 0.3) is 0 Å². The molecule has 1 aromatic heterocycles. The summed E-state index contributed by atoms with van der Waals surface area (Å²) < 4.78 is 5.44. The largest absolute Gasteiger partial charge is 0.496 e. The van der Waals surface area contributed by atoms with Gasteiger partial charge in [0.05, 0.1) is 12.6 Å². The Labute approximate surface area is 134 Å². The lowest BCUT2D eigenvalue weighted by molar-refractivity contribution is 0.100. The minimum absolute atomic E-state index is 0.449. The number of nitrogens with zero attached hydrogens (tertiary/aromatic N) is 1. The van der Waals surface area contributed by atoms with Crippen LogP contribution in [0.1, 0.15) is 21.5 Å². The number of primary amides is 1. The number of aryl methyl sites for hydroxylation is 1. The van der Waals surface area contributed by atoms with Gasteiger partial charge in [0, 0.05) is 22.7 Å². The first-order chi connectivity index (χ1) is 11.0. The fourth-order valence-electron chi connectivity index (χ4n) is 2.99. The third kappa shape index (κ3) is 2.52. The summed E-state index contributed by atoms with van der Waals surface area (Å²) in [6.45, 7) is 4.04. The molecule has 2 N–H and O–H groups in total. The van der Waals surface area contributed by atoms with Crippen LogP contribution in [0.4, 0.5) is 0 Å². The SMILES string of the molecule is COc1ccc(C)c(-c2cc(C(N)=O)cc3cccnc23)c1C. The van der Waals surface area contributed by atoms with Gasteiger partial charge >= 0.3 is 0 Å². The summed E-state index contributed by atoms with van der Waals surface area (Å²) in [5.74, 6) is 0.356. The standard InChI is InChI=1S/C19H18N2O2/c1-11-6-7-16(23-3)12(2)17(11)15-10-14(19(20)22)9-13-5-4-8-21-18(13)15/h4-10H,1-3H3,(H2,20,22). The summed E-state index contributed by atoms with van der Waals surface area (Å²) in [7, 11) is 1.65. The first-order valence-corrected chi connectivity index (χ1v) is 7.36. The minimum atomic E-state index is -0.449. The maximum atomic E-state index is 11.7. The second kappa shape index (κ2) is 5.72. The van der Waals surface area contributed by atoms with Gasteiger partial charge in [-0.05, 0) is 54.8 Å². The topological polar surface area (TPSA) is 65.2 Å². The van der Waals surface area contributed by atoms with E-state index in [0.29, 0.717) is 5.56 Å². The summed E-state index contributed by atoms with van der Waals surface area (Å²) in [5, 5.41) is 0.889. The Kier molecular flexibility index (Phi) is 3.74. The molecule has 0 saturated carbocycles. The molecule has 116 valence electrons. The molecule has 3 rings (SSSR count). The zero-order valence-corrected chi connectivity index (χ0v) is 13.4. The van der Waals surface area contributed by atoms with Crippen LogP contribution >= 0.6 is 0 Å². The predicted octanol–water partition coefficient (Wildman–Crippen LogP) is 3.63. The van der Waals surface area contributed by atoms with Gasteiger partial charge in [0.1, 0.15) is 5.75 Å². The number of hydrogen-bond acceptors (Lipinski definition) is 3. The molecule has 0 atom stereocenters. The average molecular weight is 306 g/mol. The number of nitrogens with two attached hydrogens (primary N) is 1. The van der Waals surface area contributed by atoms with Crippen LogP contribution in [0.5, 0.6) is 5.75 Å². The van der Waals surface area contributed by atoms with Crippen LogP contribution in [0, 0.1) is 13.8 Å². The van der Waals surface area contributed by atoms with Gasteiger partial charge in [0.2, 0.25) is 5.91 Å². The first kappa shape index (κ1) is 15.0. The summed E-state index contributed by atoms with van der Waals surface area (Å²) in [5.41, 5.74) is 10.8. The number of hydrogen-bond donors (Lipinski definition) is 1. The third-order valence-corrected chi connectivity index (χ3v) is 4.10. The van der Waals surface area contributed by atoms with Crippen LogP contribution in [0.25, 0.3) is 22.0 Å². The number of rotatable bonds is 3. The third-order valence-electron chi connectivity index (χ3n) is 4.10. The molecular formula is C19H18N2O2. The van der Waals surface area contributed by atoms with Crippen LogP contribution in [0.15, 0.2) is 42.6 Å². The monoisotopic (exact) mass is 306 g/mol. The Hall–Kier alpha value is -2.88. The van der Waals surface area contributed by atoms with Crippen molar-refractivity contribution in [1.82, 2.24) is 4.98 Å².